The number of rotatable bonds is 1. The molecular formula is C13H22N4O. The molecule has 0 radical (unpaired) electrons. The summed E-state index contributed by atoms with van der Waals surface area (Å²) in [6.07, 6.45) is 1.75. The van der Waals surface area contributed by atoms with Gasteiger partial charge in [0.05, 0.1) is 0 Å². The van der Waals surface area contributed by atoms with Crippen molar-refractivity contribution in [2.75, 3.05) is 13.1 Å². The molecule has 1 amide bonds. The molecule has 0 aromatic carbocycles. The fraction of sp³-hybridized carbons (Fsp3) is 0.692. The van der Waals surface area contributed by atoms with Gasteiger partial charge in [0, 0.05) is 30.2 Å². The van der Waals surface area contributed by atoms with Crippen molar-refractivity contribution < 1.29 is 4.79 Å². The van der Waals surface area contributed by atoms with Crippen LogP contribution in [0.25, 0.3) is 0 Å². The molecule has 2 heterocycles. The van der Waals surface area contributed by atoms with Crippen LogP contribution in [0.1, 0.15) is 49.8 Å². The number of carbonyl (C=O) groups excluding carboxylic acids is 1. The van der Waals surface area contributed by atoms with Crippen LogP contribution in [0.2, 0.25) is 0 Å². The summed E-state index contributed by atoms with van der Waals surface area (Å²) in [5.74, 6) is 0.00801. The molecule has 0 unspecified atom stereocenters. The van der Waals surface area contributed by atoms with Gasteiger partial charge in [0.15, 0.2) is 0 Å². The van der Waals surface area contributed by atoms with Gasteiger partial charge in [-0.15, -0.1) is 0 Å². The van der Waals surface area contributed by atoms with E-state index in [4.69, 9.17) is 5.73 Å². The fourth-order valence-corrected chi connectivity index (χ4v) is 2.08. The molecule has 1 fully saturated rings. The third kappa shape index (κ3) is 2.72. The standard InChI is InChI=1S/C13H22N4O/c1-13(2,3)11-8-10(15-16-11)12(18)17-6-4-9(14)5-7-17/h8-9H,4-7,14H2,1-3H3,(H,15,16). The van der Waals surface area contributed by atoms with Gasteiger partial charge in [0.2, 0.25) is 0 Å². The van der Waals surface area contributed by atoms with Gasteiger partial charge in [-0.25, -0.2) is 0 Å². The fourth-order valence-electron chi connectivity index (χ4n) is 2.08. The lowest BCUT2D eigenvalue weighted by molar-refractivity contribution is 0.0708. The highest BCUT2D eigenvalue weighted by molar-refractivity contribution is 5.92. The van der Waals surface area contributed by atoms with E-state index in [1.54, 1.807) is 0 Å². The highest BCUT2D eigenvalue weighted by Crippen LogP contribution is 2.21. The van der Waals surface area contributed by atoms with Gasteiger partial charge in [-0.2, -0.15) is 5.10 Å². The van der Waals surface area contributed by atoms with Gasteiger partial charge in [0.1, 0.15) is 5.69 Å². The second kappa shape index (κ2) is 4.72. The highest BCUT2D eigenvalue weighted by Gasteiger charge is 2.25. The maximum absolute atomic E-state index is 12.2. The monoisotopic (exact) mass is 250 g/mol. The summed E-state index contributed by atoms with van der Waals surface area (Å²) in [7, 11) is 0. The quantitative estimate of drug-likeness (QED) is 0.788. The Hall–Kier alpha value is -1.36. The number of likely N-dealkylation sites (tertiary alicyclic amines) is 1. The van der Waals surface area contributed by atoms with Crippen molar-refractivity contribution in [2.24, 2.45) is 5.73 Å². The smallest absolute Gasteiger partial charge is 0.274 e. The third-order valence-corrected chi connectivity index (χ3v) is 3.43. The summed E-state index contributed by atoms with van der Waals surface area (Å²) >= 11 is 0. The number of aromatic amines is 1. The van der Waals surface area contributed by atoms with Crippen LogP contribution in [-0.4, -0.2) is 40.1 Å². The first-order valence-electron chi connectivity index (χ1n) is 6.48. The molecule has 0 atom stereocenters. The number of piperidine rings is 1. The normalized spacial score (nSPS) is 18.1. The number of nitrogens with zero attached hydrogens (tertiary/aromatic N) is 2. The topological polar surface area (TPSA) is 75.0 Å². The summed E-state index contributed by atoms with van der Waals surface area (Å²) in [6, 6.07) is 2.09. The van der Waals surface area contributed by atoms with Crippen LogP contribution in [-0.2, 0) is 5.41 Å². The SMILES string of the molecule is CC(C)(C)c1cc(C(=O)N2CCC(N)CC2)n[nH]1. The molecule has 0 spiro atoms. The Balaban J connectivity index is 2.07. The zero-order valence-corrected chi connectivity index (χ0v) is 11.4. The van der Waals surface area contributed by atoms with Gasteiger partial charge in [-0.1, -0.05) is 20.8 Å². The first kappa shape index (κ1) is 13.1. The molecule has 18 heavy (non-hydrogen) atoms. The lowest BCUT2D eigenvalue weighted by Crippen LogP contribution is -2.42. The molecule has 100 valence electrons. The summed E-state index contributed by atoms with van der Waals surface area (Å²) in [5, 5.41) is 7.08. The van der Waals surface area contributed by atoms with Crippen LogP contribution in [0.4, 0.5) is 0 Å². The van der Waals surface area contributed by atoms with Crippen molar-refractivity contribution in [1.29, 1.82) is 0 Å². The molecule has 3 N–H and O–H groups in total. The molecule has 0 bridgehead atoms. The number of amides is 1. The number of carbonyl (C=O) groups is 1. The van der Waals surface area contributed by atoms with E-state index >= 15 is 0 Å². The minimum atomic E-state index is -0.0181. The van der Waals surface area contributed by atoms with Crippen molar-refractivity contribution in [1.82, 2.24) is 15.1 Å². The van der Waals surface area contributed by atoms with Gasteiger partial charge in [-0.05, 0) is 18.9 Å². The zero-order chi connectivity index (χ0) is 13.3. The summed E-state index contributed by atoms with van der Waals surface area (Å²) < 4.78 is 0. The van der Waals surface area contributed by atoms with Gasteiger partial charge in [0.25, 0.3) is 5.91 Å². The van der Waals surface area contributed by atoms with Gasteiger partial charge < -0.3 is 10.6 Å². The van der Waals surface area contributed by atoms with Crippen molar-refractivity contribution >= 4 is 5.91 Å². The predicted octanol–water partition coefficient (Wildman–Crippen LogP) is 1.27. The number of hydrogen-bond acceptors (Lipinski definition) is 3. The lowest BCUT2D eigenvalue weighted by atomic mass is 9.92. The van der Waals surface area contributed by atoms with E-state index in [0.717, 1.165) is 31.6 Å². The van der Waals surface area contributed by atoms with Crippen LogP contribution in [0.5, 0.6) is 0 Å². The Morgan fingerprint density at radius 2 is 2.06 bits per heavy atom. The maximum Gasteiger partial charge on any atom is 0.274 e. The van der Waals surface area contributed by atoms with Gasteiger partial charge in [-0.3, -0.25) is 9.89 Å². The molecule has 0 saturated carbocycles. The number of H-pyrrole nitrogens is 1. The zero-order valence-electron chi connectivity index (χ0n) is 11.4. The van der Waals surface area contributed by atoms with E-state index in [9.17, 15) is 4.79 Å². The average Bonchev–Trinajstić information content (AvgIpc) is 2.78. The van der Waals surface area contributed by atoms with Crippen LogP contribution in [0.15, 0.2) is 6.07 Å². The van der Waals surface area contributed by atoms with E-state index in [0.29, 0.717) is 5.69 Å². The van der Waals surface area contributed by atoms with Crippen LogP contribution in [0, 0.1) is 0 Å². The summed E-state index contributed by atoms with van der Waals surface area (Å²) in [5.41, 5.74) is 7.31. The number of nitrogens with one attached hydrogen (secondary N) is 1. The van der Waals surface area contributed by atoms with Crippen molar-refractivity contribution in [3.8, 4) is 0 Å². The molecule has 1 aromatic heterocycles. The van der Waals surface area contributed by atoms with Crippen molar-refractivity contribution in [2.45, 2.75) is 45.1 Å². The highest BCUT2D eigenvalue weighted by atomic mass is 16.2. The maximum atomic E-state index is 12.2. The average molecular weight is 250 g/mol. The number of aromatic nitrogens is 2. The Bertz CT molecular complexity index is 424. The minimum Gasteiger partial charge on any atom is -0.337 e. The van der Waals surface area contributed by atoms with Crippen LogP contribution in [0.3, 0.4) is 0 Å². The summed E-state index contributed by atoms with van der Waals surface area (Å²) in [4.78, 5) is 14.1. The lowest BCUT2D eigenvalue weighted by Gasteiger charge is -2.29. The predicted molar refractivity (Wildman–Crippen MR) is 70.4 cm³/mol. The van der Waals surface area contributed by atoms with E-state index in [1.165, 1.54) is 0 Å². The van der Waals surface area contributed by atoms with Crippen molar-refractivity contribution in [3.05, 3.63) is 17.5 Å². The molecular weight excluding hydrogens is 228 g/mol. The first-order valence-corrected chi connectivity index (χ1v) is 6.48. The molecule has 0 aliphatic carbocycles. The van der Waals surface area contributed by atoms with E-state index < -0.39 is 0 Å². The molecule has 1 aliphatic rings. The summed E-state index contributed by atoms with van der Waals surface area (Å²) in [6.45, 7) is 7.74. The van der Waals surface area contributed by atoms with Crippen LogP contribution < -0.4 is 5.73 Å². The molecule has 1 aromatic rings. The van der Waals surface area contributed by atoms with E-state index in [2.05, 4.69) is 31.0 Å². The van der Waals surface area contributed by atoms with E-state index in [1.807, 2.05) is 11.0 Å². The first-order chi connectivity index (χ1) is 8.38. The van der Waals surface area contributed by atoms with Gasteiger partial charge >= 0.3 is 0 Å². The Morgan fingerprint density at radius 1 is 1.44 bits per heavy atom. The molecule has 5 nitrogen and oxygen atoms in total. The van der Waals surface area contributed by atoms with Crippen LogP contribution >= 0.6 is 0 Å². The van der Waals surface area contributed by atoms with Crippen molar-refractivity contribution in [3.63, 3.8) is 0 Å². The largest absolute Gasteiger partial charge is 0.337 e. The Labute approximate surface area is 108 Å². The molecule has 1 aliphatic heterocycles. The second-order valence-electron chi connectivity index (χ2n) is 6.05. The Kier molecular flexibility index (Phi) is 3.43. The molecule has 5 heteroatoms. The van der Waals surface area contributed by atoms with E-state index in [-0.39, 0.29) is 17.4 Å². The Morgan fingerprint density at radius 3 is 2.56 bits per heavy atom. The second-order valence-corrected chi connectivity index (χ2v) is 6.05. The third-order valence-electron chi connectivity index (χ3n) is 3.43. The minimum absolute atomic E-state index is 0.00801. The number of nitrogens with two attached hydrogens (primary N) is 1. The molecule has 2 rings (SSSR count). The number of hydrogen-bond donors (Lipinski definition) is 2. The molecule has 1 saturated heterocycles.